The molecule has 1 N–H and O–H groups in total. The van der Waals surface area contributed by atoms with Crippen LogP contribution in [0.1, 0.15) is 18.3 Å². The lowest BCUT2D eigenvalue weighted by Gasteiger charge is -2.01. The minimum absolute atomic E-state index is 0.0852. The molecule has 0 fully saturated rings. The smallest absolute Gasteiger partial charge is 0.330 e. The summed E-state index contributed by atoms with van der Waals surface area (Å²) >= 11 is 0. The molecule has 0 bridgehead atoms. The van der Waals surface area contributed by atoms with Crippen LogP contribution in [0.4, 0.5) is 0 Å². The first-order valence-electron chi connectivity index (χ1n) is 4.46. The molecule has 15 heavy (non-hydrogen) atoms. The Hall–Kier alpha value is -1.75. The van der Waals surface area contributed by atoms with Crippen LogP contribution in [0.5, 0.6) is 0 Å². The highest BCUT2D eigenvalue weighted by Gasteiger charge is 2.00. The van der Waals surface area contributed by atoms with Crippen molar-refractivity contribution in [3.63, 3.8) is 0 Å². The van der Waals surface area contributed by atoms with E-state index in [9.17, 15) is 4.79 Å². The minimum Gasteiger partial charge on any atom is -0.456 e. The Morgan fingerprint density at radius 3 is 2.67 bits per heavy atom. The number of carbonyl (C=O) groups is 1. The van der Waals surface area contributed by atoms with Crippen molar-refractivity contribution in [2.45, 2.75) is 20.1 Å². The Balaban J connectivity index is 2.47. The summed E-state index contributed by atoms with van der Waals surface area (Å²) in [6.07, 6.45) is 5.84. The van der Waals surface area contributed by atoms with E-state index in [4.69, 9.17) is 9.84 Å². The van der Waals surface area contributed by atoms with Gasteiger partial charge in [-0.05, 0) is 6.92 Å². The van der Waals surface area contributed by atoms with E-state index in [1.165, 1.54) is 18.5 Å². The summed E-state index contributed by atoms with van der Waals surface area (Å²) in [5, 5.41) is 8.72. The molecule has 1 heterocycles. The van der Waals surface area contributed by atoms with Gasteiger partial charge in [-0.3, -0.25) is 9.97 Å². The zero-order chi connectivity index (χ0) is 11.1. The van der Waals surface area contributed by atoms with Crippen LogP contribution in [0, 0.1) is 0 Å². The standard InChI is InChI=1S/C10H12N2O3/c1-2-3-10(14)15-7-9-5-11-8(6-13)4-12-9/h2-5,13H,6-7H2,1H3/b3-2+. The number of carbonyl (C=O) groups excluding carboxylic acids is 1. The first-order chi connectivity index (χ1) is 7.26. The molecule has 5 heteroatoms. The lowest BCUT2D eigenvalue weighted by atomic mass is 10.4. The molecule has 0 saturated heterocycles. The molecule has 0 atom stereocenters. The van der Waals surface area contributed by atoms with E-state index in [2.05, 4.69) is 9.97 Å². The van der Waals surface area contributed by atoms with E-state index in [1.807, 2.05) is 0 Å². The lowest BCUT2D eigenvalue weighted by molar-refractivity contribution is -0.139. The second-order valence-corrected chi connectivity index (χ2v) is 2.76. The number of allylic oxidation sites excluding steroid dienone is 1. The van der Waals surface area contributed by atoms with Crippen LogP contribution in [0.25, 0.3) is 0 Å². The van der Waals surface area contributed by atoms with E-state index in [-0.39, 0.29) is 13.2 Å². The summed E-state index contributed by atoms with van der Waals surface area (Å²) < 4.78 is 4.85. The van der Waals surface area contributed by atoms with Gasteiger partial charge in [-0.2, -0.15) is 0 Å². The maximum Gasteiger partial charge on any atom is 0.330 e. The molecule has 0 radical (unpaired) electrons. The zero-order valence-corrected chi connectivity index (χ0v) is 8.38. The van der Waals surface area contributed by atoms with Crippen molar-refractivity contribution in [1.82, 2.24) is 9.97 Å². The SMILES string of the molecule is C/C=C/C(=O)OCc1cnc(CO)cn1. The number of esters is 1. The maximum absolute atomic E-state index is 10.9. The van der Waals surface area contributed by atoms with Crippen molar-refractivity contribution < 1.29 is 14.6 Å². The summed E-state index contributed by atoms with van der Waals surface area (Å²) in [5.41, 5.74) is 1.03. The predicted octanol–water partition coefficient (Wildman–Crippen LogP) is 0.588. The number of hydrogen-bond acceptors (Lipinski definition) is 5. The molecule has 0 unspecified atom stereocenters. The quantitative estimate of drug-likeness (QED) is 0.579. The number of aliphatic hydroxyl groups is 1. The first-order valence-corrected chi connectivity index (χ1v) is 4.46. The van der Waals surface area contributed by atoms with Crippen molar-refractivity contribution in [3.05, 3.63) is 35.9 Å². The summed E-state index contributed by atoms with van der Waals surface area (Å²) in [4.78, 5) is 18.8. The Morgan fingerprint density at radius 1 is 1.47 bits per heavy atom. The molecule has 0 spiro atoms. The third kappa shape index (κ3) is 3.86. The summed E-state index contributed by atoms with van der Waals surface area (Å²) in [6, 6.07) is 0. The molecular formula is C10H12N2O3. The van der Waals surface area contributed by atoms with Gasteiger partial charge in [0.2, 0.25) is 0 Å². The van der Waals surface area contributed by atoms with Crippen molar-refractivity contribution in [2.24, 2.45) is 0 Å². The second-order valence-electron chi connectivity index (χ2n) is 2.76. The monoisotopic (exact) mass is 208 g/mol. The summed E-state index contributed by atoms with van der Waals surface area (Å²) in [6.45, 7) is 1.67. The van der Waals surface area contributed by atoms with Crippen LogP contribution >= 0.6 is 0 Å². The van der Waals surface area contributed by atoms with Crippen molar-refractivity contribution >= 4 is 5.97 Å². The zero-order valence-electron chi connectivity index (χ0n) is 8.38. The average Bonchev–Trinajstić information content (AvgIpc) is 2.27. The summed E-state index contributed by atoms with van der Waals surface area (Å²) in [7, 11) is 0. The molecule has 1 aromatic rings. The fourth-order valence-corrected chi connectivity index (χ4v) is 0.867. The Morgan fingerprint density at radius 2 is 2.13 bits per heavy atom. The van der Waals surface area contributed by atoms with E-state index in [0.717, 1.165) is 0 Å². The van der Waals surface area contributed by atoms with Gasteiger partial charge in [0.05, 0.1) is 30.4 Å². The molecule has 0 aliphatic carbocycles. The number of nitrogens with zero attached hydrogens (tertiary/aromatic N) is 2. The third-order valence-corrected chi connectivity index (χ3v) is 1.59. The van der Waals surface area contributed by atoms with Crippen LogP contribution < -0.4 is 0 Å². The fourth-order valence-electron chi connectivity index (χ4n) is 0.867. The number of ether oxygens (including phenoxy) is 1. The van der Waals surface area contributed by atoms with Gasteiger partial charge in [0.1, 0.15) is 6.61 Å². The highest BCUT2D eigenvalue weighted by atomic mass is 16.5. The van der Waals surface area contributed by atoms with Gasteiger partial charge in [0.15, 0.2) is 0 Å². The predicted molar refractivity (Wildman–Crippen MR) is 52.6 cm³/mol. The number of hydrogen-bond donors (Lipinski definition) is 1. The second kappa shape index (κ2) is 5.87. The molecule has 1 rings (SSSR count). The number of aliphatic hydroxyl groups excluding tert-OH is 1. The number of rotatable bonds is 4. The normalized spacial score (nSPS) is 10.5. The fraction of sp³-hybridized carbons (Fsp3) is 0.300. The van der Waals surface area contributed by atoms with E-state index >= 15 is 0 Å². The summed E-state index contributed by atoms with van der Waals surface area (Å²) in [5.74, 6) is -0.412. The van der Waals surface area contributed by atoms with Gasteiger partial charge in [-0.1, -0.05) is 6.08 Å². The van der Waals surface area contributed by atoms with Crippen LogP contribution in [-0.2, 0) is 22.7 Å². The molecule has 80 valence electrons. The van der Waals surface area contributed by atoms with Gasteiger partial charge < -0.3 is 9.84 Å². The minimum atomic E-state index is -0.412. The van der Waals surface area contributed by atoms with Gasteiger partial charge in [0.25, 0.3) is 0 Å². The Bertz CT molecular complexity index is 346. The number of aromatic nitrogens is 2. The highest BCUT2D eigenvalue weighted by Crippen LogP contribution is 1.98. The van der Waals surface area contributed by atoms with Crippen molar-refractivity contribution in [1.29, 1.82) is 0 Å². The van der Waals surface area contributed by atoms with Crippen molar-refractivity contribution in [2.75, 3.05) is 0 Å². The molecule has 0 aliphatic heterocycles. The van der Waals surface area contributed by atoms with Crippen molar-refractivity contribution in [3.8, 4) is 0 Å². The molecule has 5 nitrogen and oxygen atoms in total. The van der Waals surface area contributed by atoms with E-state index in [0.29, 0.717) is 11.4 Å². The van der Waals surface area contributed by atoms with Gasteiger partial charge in [-0.15, -0.1) is 0 Å². The lowest BCUT2D eigenvalue weighted by Crippen LogP contribution is -2.03. The van der Waals surface area contributed by atoms with Crippen LogP contribution in [0.15, 0.2) is 24.5 Å². The van der Waals surface area contributed by atoms with Crippen LogP contribution in [0.3, 0.4) is 0 Å². The maximum atomic E-state index is 10.9. The molecule has 0 amide bonds. The Kier molecular flexibility index (Phi) is 4.43. The molecular weight excluding hydrogens is 196 g/mol. The van der Waals surface area contributed by atoms with Gasteiger partial charge in [0, 0.05) is 6.08 Å². The molecule has 0 saturated carbocycles. The topological polar surface area (TPSA) is 72.3 Å². The van der Waals surface area contributed by atoms with E-state index < -0.39 is 5.97 Å². The largest absolute Gasteiger partial charge is 0.456 e. The average molecular weight is 208 g/mol. The van der Waals surface area contributed by atoms with Gasteiger partial charge >= 0.3 is 5.97 Å². The van der Waals surface area contributed by atoms with E-state index in [1.54, 1.807) is 13.0 Å². The molecule has 0 aromatic carbocycles. The van der Waals surface area contributed by atoms with Crippen LogP contribution in [0.2, 0.25) is 0 Å². The Labute approximate surface area is 87.4 Å². The molecule has 0 aliphatic rings. The van der Waals surface area contributed by atoms with Crippen LogP contribution in [-0.4, -0.2) is 21.0 Å². The first kappa shape index (κ1) is 11.3. The highest BCUT2D eigenvalue weighted by molar-refractivity contribution is 5.81. The third-order valence-electron chi connectivity index (χ3n) is 1.59. The molecule has 1 aromatic heterocycles. The van der Waals surface area contributed by atoms with Gasteiger partial charge in [-0.25, -0.2) is 4.79 Å².